The molecule has 1 saturated heterocycles. The summed E-state index contributed by atoms with van der Waals surface area (Å²) in [5.74, 6) is -0.858. The second kappa shape index (κ2) is 9.70. The third-order valence-corrected chi connectivity index (χ3v) is 7.35. The minimum absolute atomic E-state index is 0.00128. The fraction of sp³-hybridized carbons (Fsp3) is 0.444. The molecule has 0 spiro atoms. The third kappa shape index (κ3) is 5.17. The predicted molar refractivity (Wildman–Crippen MR) is 130 cm³/mol. The van der Waals surface area contributed by atoms with Crippen LogP contribution in [0.3, 0.4) is 0 Å². The van der Waals surface area contributed by atoms with Crippen LogP contribution in [0.15, 0.2) is 48.5 Å². The molecule has 3 aliphatic rings. The van der Waals surface area contributed by atoms with Gasteiger partial charge >= 0.3 is 12.1 Å². The molecular formula is C27H31N3O5. The number of carboxylic acids is 1. The first-order chi connectivity index (χ1) is 16.9. The first-order valence-electron chi connectivity index (χ1n) is 12.3. The van der Waals surface area contributed by atoms with Crippen molar-refractivity contribution in [2.24, 2.45) is 0 Å². The summed E-state index contributed by atoms with van der Waals surface area (Å²) in [6.07, 6.45) is 2.01. The lowest BCUT2D eigenvalue weighted by atomic mass is 9.98. The fourth-order valence-corrected chi connectivity index (χ4v) is 5.32. The molecule has 1 heterocycles. The van der Waals surface area contributed by atoms with Gasteiger partial charge in [-0.05, 0) is 41.5 Å². The molecule has 2 amide bonds. The minimum Gasteiger partial charge on any atom is -0.480 e. The predicted octanol–water partition coefficient (Wildman–Crippen LogP) is 3.07. The van der Waals surface area contributed by atoms with Crippen LogP contribution >= 0.6 is 0 Å². The summed E-state index contributed by atoms with van der Waals surface area (Å²) in [6.45, 7) is 2.57. The molecule has 8 heteroatoms. The zero-order chi connectivity index (χ0) is 24.4. The van der Waals surface area contributed by atoms with Crippen LogP contribution < -0.4 is 5.32 Å². The normalized spacial score (nSPS) is 18.8. The number of nitrogens with one attached hydrogen (secondary N) is 1. The Morgan fingerprint density at radius 2 is 1.60 bits per heavy atom. The summed E-state index contributed by atoms with van der Waals surface area (Å²) in [5.41, 5.74) is 4.15. The Balaban J connectivity index is 1.15. The SMILES string of the molecule is O=C(O)CN1CCCN(C(=O)CC2(NC(=O)OCC3c4ccccc4-c4ccccc43)CC2)CC1. The smallest absolute Gasteiger partial charge is 0.407 e. The van der Waals surface area contributed by atoms with E-state index in [1.54, 1.807) is 4.90 Å². The van der Waals surface area contributed by atoms with Crippen LogP contribution in [0.4, 0.5) is 4.79 Å². The van der Waals surface area contributed by atoms with Crippen LogP contribution in [0, 0.1) is 0 Å². The number of aliphatic carboxylic acids is 1. The van der Waals surface area contributed by atoms with Gasteiger partial charge < -0.3 is 20.1 Å². The van der Waals surface area contributed by atoms with E-state index in [0.717, 1.165) is 30.4 Å². The van der Waals surface area contributed by atoms with E-state index >= 15 is 0 Å². The lowest BCUT2D eigenvalue weighted by Gasteiger charge is -2.24. The molecule has 184 valence electrons. The van der Waals surface area contributed by atoms with Gasteiger partial charge in [0.25, 0.3) is 0 Å². The van der Waals surface area contributed by atoms with Gasteiger partial charge in [0, 0.05) is 32.1 Å². The number of carbonyl (C=O) groups is 3. The van der Waals surface area contributed by atoms with E-state index in [0.29, 0.717) is 26.2 Å². The van der Waals surface area contributed by atoms with Crippen molar-refractivity contribution in [3.05, 3.63) is 59.7 Å². The summed E-state index contributed by atoms with van der Waals surface area (Å²) >= 11 is 0. The fourth-order valence-electron chi connectivity index (χ4n) is 5.32. The minimum atomic E-state index is -0.853. The number of fused-ring (bicyclic) bond motifs is 3. The van der Waals surface area contributed by atoms with Crippen molar-refractivity contribution in [2.75, 3.05) is 39.3 Å². The molecule has 8 nitrogen and oxygen atoms in total. The van der Waals surface area contributed by atoms with Crippen molar-refractivity contribution in [1.29, 1.82) is 0 Å². The average molecular weight is 478 g/mol. The summed E-state index contributed by atoms with van der Waals surface area (Å²) in [4.78, 5) is 40.3. The van der Waals surface area contributed by atoms with E-state index in [9.17, 15) is 14.4 Å². The molecule has 0 unspecified atom stereocenters. The van der Waals surface area contributed by atoms with E-state index in [1.165, 1.54) is 11.1 Å². The molecule has 0 aromatic heterocycles. The Morgan fingerprint density at radius 3 is 2.23 bits per heavy atom. The number of hydrogen-bond donors (Lipinski definition) is 2. The number of carbonyl (C=O) groups excluding carboxylic acids is 2. The molecule has 2 fully saturated rings. The number of rotatable bonds is 7. The van der Waals surface area contributed by atoms with Crippen LogP contribution in [0.5, 0.6) is 0 Å². The molecule has 0 radical (unpaired) electrons. The zero-order valence-corrected chi connectivity index (χ0v) is 19.7. The first kappa shape index (κ1) is 23.4. The zero-order valence-electron chi connectivity index (χ0n) is 19.7. The largest absolute Gasteiger partial charge is 0.480 e. The Hall–Kier alpha value is -3.39. The van der Waals surface area contributed by atoms with Gasteiger partial charge in [-0.3, -0.25) is 14.5 Å². The molecule has 5 rings (SSSR count). The topological polar surface area (TPSA) is 99.2 Å². The highest BCUT2D eigenvalue weighted by Gasteiger charge is 2.47. The van der Waals surface area contributed by atoms with Crippen LogP contribution in [-0.2, 0) is 14.3 Å². The lowest BCUT2D eigenvalue weighted by molar-refractivity contribution is -0.138. The highest BCUT2D eigenvalue weighted by molar-refractivity contribution is 5.81. The average Bonchev–Trinajstić information content (AvgIpc) is 3.56. The maximum Gasteiger partial charge on any atom is 0.407 e. The number of ether oxygens (including phenoxy) is 1. The van der Waals surface area contributed by atoms with Gasteiger partial charge in [-0.2, -0.15) is 0 Å². The Bertz CT molecular complexity index is 1080. The highest BCUT2D eigenvalue weighted by Crippen LogP contribution is 2.44. The van der Waals surface area contributed by atoms with Gasteiger partial charge in [0.05, 0.1) is 18.5 Å². The van der Waals surface area contributed by atoms with Gasteiger partial charge in [-0.15, -0.1) is 0 Å². The molecule has 2 aromatic carbocycles. The molecule has 2 aromatic rings. The van der Waals surface area contributed by atoms with Crippen molar-refractivity contribution in [1.82, 2.24) is 15.1 Å². The summed E-state index contributed by atoms with van der Waals surface area (Å²) in [5, 5.41) is 12.0. The molecule has 0 bridgehead atoms. The number of amides is 2. The molecule has 1 aliphatic heterocycles. The lowest BCUT2D eigenvalue weighted by Crippen LogP contribution is -2.44. The van der Waals surface area contributed by atoms with Gasteiger partial charge in [0.1, 0.15) is 6.61 Å². The van der Waals surface area contributed by atoms with Gasteiger partial charge in [-0.1, -0.05) is 48.5 Å². The molecular weight excluding hydrogens is 446 g/mol. The van der Waals surface area contributed by atoms with Gasteiger partial charge in [0.15, 0.2) is 0 Å². The molecule has 2 aliphatic carbocycles. The number of alkyl carbamates (subject to hydrolysis) is 1. The standard InChI is InChI=1S/C27H31N3O5/c31-24(30-13-5-12-29(14-15-30)17-25(32)33)16-27(10-11-27)28-26(34)35-18-23-21-8-3-1-6-19(21)20-7-2-4-9-22(20)23/h1-4,6-9,23H,5,10-18H2,(H,28,34)(H,32,33). The molecule has 35 heavy (non-hydrogen) atoms. The van der Waals surface area contributed by atoms with Gasteiger partial charge in [-0.25, -0.2) is 4.79 Å². The first-order valence-corrected chi connectivity index (χ1v) is 12.3. The molecule has 1 saturated carbocycles. The van der Waals surface area contributed by atoms with Crippen LogP contribution in [0.1, 0.15) is 42.7 Å². The van der Waals surface area contributed by atoms with Crippen molar-refractivity contribution in [2.45, 2.75) is 37.1 Å². The van der Waals surface area contributed by atoms with Crippen LogP contribution in [-0.4, -0.2) is 77.7 Å². The summed E-state index contributed by atoms with van der Waals surface area (Å²) < 4.78 is 5.68. The second-order valence-corrected chi connectivity index (χ2v) is 9.81. The van der Waals surface area contributed by atoms with Gasteiger partial charge in [0.2, 0.25) is 5.91 Å². The quantitative estimate of drug-likeness (QED) is 0.636. The van der Waals surface area contributed by atoms with Crippen LogP contribution in [0.2, 0.25) is 0 Å². The van der Waals surface area contributed by atoms with Crippen molar-refractivity contribution >= 4 is 18.0 Å². The number of benzene rings is 2. The van der Waals surface area contributed by atoms with Crippen molar-refractivity contribution in [3.63, 3.8) is 0 Å². The van der Waals surface area contributed by atoms with E-state index < -0.39 is 17.6 Å². The summed E-state index contributed by atoms with van der Waals surface area (Å²) in [6, 6.07) is 16.4. The van der Waals surface area contributed by atoms with E-state index in [1.807, 2.05) is 29.2 Å². The summed E-state index contributed by atoms with van der Waals surface area (Å²) in [7, 11) is 0. The van der Waals surface area contributed by atoms with E-state index in [2.05, 4.69) is 29.6 Å². The Labute approximate surface area is 204 Å². The number of hydrogen-bond acceptors (Lipinski definition) is 5. The van der Waals surface area contributed by atoms with E-state index in [4.69, 9.17) is 9.84 Å². The molecule has 0 atom stereocenters. The third-order valence-electron chi connectivity index (χ3n) is 7.35. The molecule has 2 N–H and O–H groups in total. The van der Waals surface area contributed by atoms with Crippen LogP contribution in [0.25, 0.3) is 11.1 Å². The Kier molecular flexibility index (Phi) is 6.47. The van der Waals surface area contributed by atoms with E-state index in [-0.39, 0.29) is 31.4 Å². The Morgan fingerprint density at radius 1 is 0.943 bits per heavy atom. The highest BCUT2D eigenvalue weighted by atomic mass is 16.5. The number of nitrogens with zero attached hydrogens (tertiary/aromatic N) is 2. The second-order valence-electron chi connectivity index (χ2n) is 9.81. The van der Waals surface area contributed by atoms with Crippen molar-refractivity contribution < 1.29 is 24.2 Å². The number of carboxylic acid groups (broad SMARTS) is 1. The maximum atomic E-state index is 13.0. The monoisotopic (exact) mass is 477 g/mol. The maximum absolute atomic E-state index is 13.0. The van der Waals surface area contributed by atoms with Crippen molar-refractivity contribution in [3.8, 4) is 11.1 Å².